The summed E-state index contributed by atoms with van der Waals surface area (Å²) in [5, 5.41) is 14.4. The fraction of sp³-hybridized carbons (Fsp3) is 0. The third-order valence-electron chi connectivity index (χ3n) is 3.18. The van der Waals surface area contributed by atoms with Crippen LogP contribution in [-0.4, -0.2) is 24.8 Å². The highest BCUT2D eigenvalue weighted by atomic mass is 32.1. The van der Waals surface area contributed by atoms with Crippen molar-refractivity contribution in [2.45, 2.75) is 0 Å². The van der Waals surface area contributed by atoms with Gasteiger partial charge in [0.05, 0.1) is 4.88 Å². The lowest BCUT2D eigenvalue weighted by molar-refractivity contribution is 0.900. The summed E-state index contributed by atoms with van der Waals surface area (Å²) < 4.78 is 1.52. The molecule has 0 aliphatic rings. The number of nitrogens with one attached hydrogen (secondary N) is 1. The Balaban J connectivity index is 1.98. The monoisotopic (exact) mass is 310 g/mol. The van der Waals surface area contributed by atoms with Gasteiger partial charge in [0.2, 0.25) is 0 Å². The van der Waals surface area contributed by atoms with E-state index < -0.39 is 0 Å². The summed E-state index contributed by atoms with van der Waals surface area (Å²) in [6, 6.07) is 11.0. The Morgan fingerprint density at radius 2 is 2.09 bits per heavy atom. The molecule has 0 radical (unpaired) electrons. The Kier molecular flexibility index (Phi) is 2.76. The fourth-order valence-corrected chi connectivity index (χ4v) is 2.90. The van der Waals surface area contributed by atoms with Crippen molar-refractivity contribution in [2.24, 2.45) is 0 Å². The van der Waals surface area contributed by atoms with Crippen molar-refractivity contribution in [3.63, 3.8) is 0 Å². The number of hydrogen-bond acceptors (Lipinski definition) is 6. The molecular weight excluding hydrogens is 300 g/mol. The topological polar surface area (TPSA) is 102 Å². The van der Waals surface area contributed by atoms with Gasteiger partial charge in [-0.3, -0.25) is 9.78 Å². The molecule has 0 aliphatic heterocycles. The number of hydrogen-bond donors (Lipinski definition) is 2. The molecule has 0 amide bonds. The molecule has 0 saturated heterocycles. The van der Waals surface area contributed by atoms with Gasteiger partial charge in [-0.05, 0) is 23.6 Å². The highest BCUT2D eigenvalue weighted by Crippen LogP contribution is 2.22. The molecule has 0 aliphatic carbocycles. The number of rotatable bonds is 2. The quantitative estimate of drug-likeness (QED) is 0.550. The molecule has 108 valence electrons. The molecule has 8 heteroatoms. The third-order valence-corrected chi connectivity index (χ3v) is 4.06. The predicted octanol–water partition coefficient (Wildman–Crippen LogP) is 1.79. The van der Waals surface area contributed by atoms with E-state index >= 15 is 0 Å². The maximum Gasteiger partial charge on any atom is 0.279 e. The maximum absolute atomic E-state index is 12.1. The summed E-state index contributed by atoms with van der Waals surface area (Å²) in [5.41, 5.74) is 7.26. The lowest BCUT2D eigenvalue weighted by atomic mass is 10.2. The molecule has 1 aromatic carbocycles. The Morgan fingerprint density at radius 3 is 2.86 bits per heavy atom. The second-order valence-corrected chi connectivity index (χ2v) is 5.61. The van der Waals surface area contributed by atoms with Crippen molar-refractivity contribution in [2.75, 3.05) is 5.73 Å². The number of anilines is 1. The fourth-order valence-electron chi connectivity index (χ4n) is 2.19. The molecule has 7 nitrogen and oxygen atoms in total. The first-order chi connectivity index (χ1) is 10.7. The number of nitrogens with zero attached hydrogens (tertiary/aromatic N) is 4. The lowest BCUT2D eigenvalue weighted by Gasteiger charge is -2.02. The van der Waals surface area contributed by atoms with Crippen molar-refractivity contribution >= 4 is 22.8 Å². The zero-order valence-corrected chi connectivity index (χ0v) is 12.0. The van der Waals surface area contributed by atoms with Crippen molar-refractivity contribution in [3.05, 3.63) is 52.1 Å². The van der Waals surface area contributed by atoms with Crippen LogP contribution in [0.5, 0.6) is 0 Å². The van der Waals surface area contributed by atoms with E-state index in [4.69, 9.17) is 5.73 Å². The van der Waals surface area contributed by atoms with Crippen LogP contribution in [0.15, 0.2) is 46.6 Å². The maximum atomic E-state index is 12.1. The minimum Gasteiger partial charge on any atom is -0.399 e. The molecule has 0 bridgehead atoms. The van der Waals surface area contributed by atoms with E-state index in [1.807, 2.05) is 29.6 Å². The number of H-pyrrole nitrogens is 1. The van der Waals surface area contributed by atoms with E-state index in [0.29, 0.717) is 23.0 Å². The van der Waals surface area contributed by atoms with E-state index in [0.717, 1.165) is 10.4 Å². The zero-order valence-electron chi connectivity index (χ0n) is 11.2. The van der Waals surface area contributed by atoms with Gasteiger partial charge in [0, 0.05) is 11.3 Å². The summed E-state index contributed by atoms with van der Waals surface area (Å²) in [5.74, 6) is 0.819. The molecule has 0 saturated carbocycles. The summed E-state index contributed by atoms with van der Waals surface area (Å²) in [6.45, 7) is 0. The van der Waals surface area contributed by atoms with Crippen LogP contribution in [0.3, 0.4) is 0 Å². The van der Waals surface area contributed by atoms with Gasteiger partial charge >= 0.3 is 0 Å². The lowest BCUT2D eigenvalue weighted by Crippen LogP contribution is -2.15. The Morgan fingerprint density at radius 1 is 1.18 bits per heavy atom. The van der Waals surface area contributed by atoms with Crippen molar-refractivity contribution in [1.82, 2.24) is 24.8 Å². The zero-order chi connectivity index (χ0) is 15.1. The number of aromatic amines is 1. The van der Waals surface area contributed by atoms with E-state index in [-0.39, 0.29) is 5.56 Å². The van der Waals surface area contributed by atoms with Gasteiger partial charge in [-0.2, -0.15) is 9.61 Å². The van der Waals surface area contributed by atoms with Crippen molar-refractivity contribution in [3.8, 4) is 22.0 Å². The number of nitrogen functional groups attached to an aromatic ring is 1. The van der Waals surface area contributed by atoms with Gasteiger partial charge in [-0.1, -0.05) is 18.2 Å². The highest BCUT2D eigenvalue weighted by molar-refractivity contribution is 7.13. The van der Waals surface area contributed by atoms with E-state index in [1.165, 1.54) is 15.9 Å². The Hall–Kier alpha value is -3.00. The smallest absolute Gasteiger partial charge is 0.279 e. The van der Waals surface area contributed by atoms with Gasteiger partial charge in [0.25, 0.3) is 11.3 Å². The third kappa shape index (κ3) is 1.97. The van der Waals surface area contributed by atoms with Gasteiger partial charge < -0.3 is 5.73 Å². The van der Waals surface area contributed by atoms with Gasteiger partial charge in [-0.25, -0.2) is 0 Å². The first kappa shape index (κ1) is 12.7. The van der Waals surface area contributed by atoms with Crippen LogP contribution in [0.25, 0.3) is 27.7 Å². The van der Waals surface area contributed by atoms with Crippen LogP contribution in [0.2, 0.25) is 0 Å². The molecule has 3 heterocycles. The standard InChI is InChI=1S/C14H10N6OS/c15-9-4-1-3-8(7-9)12-17-18-14-16-13(21)11(19-20(12)14)10-5-2-6-22-10/h1-7H,15H2,(H,16,18,21). The van der Waals surface area contributed by atoms with Crippen LogP contribution in [0.4, 0.5) is 5.69 Å². The van der Waals surface area contributed by atoms with Crippen LogP contribution in [-0.2, 0) is 0 Å². The van der Waals surface area contributed by atoms with Gasteiger partial charge in [0.1, 0.15) is 0 Å². The predicted molar refractivity (Wildman–Crippen MR) is 84.6 cm³/mol. The van der Waals surface area contributed by atoms with Crippen LogP contribution < -0.4 is 11.3 Å². The number of fused-ring (bicyclic) bond motifs is 1. The summed E-state index contributed by atoms with van der Waals surface area (Å²) >= 11 is 1.45. The minimum absolute atomic E-state index is 0.290. The average Bonchev–Trinajstić information content (AvgIpc) is 3.15. The summed E-state index contributed by atoms with van der Waals surface area (Å²) in [4.78, 5) is 15.6. The molecule has 0 atom stereocenters. The van der Waals surface area contributed by atoms with Crippen LogP contribution in [0, 0.1) is 0 Å². The van der Waals surface area contributed by atoms with E-state index in [1.54, 1.807) is 12.1 Å². The molecule has 0 unspecified atom stereocenters. The highest BCUT2D eigenvalue weighted by Gasteiger charge is 2.14. The minimum atomic E-state index is -0.290. The number of benzene rings is 1. The van der Waals surface area contributed by atoms with Crippen molar-refractivity contribution < 1.29 is 0 Å². The Bertz CT molecular complexity index is 1020. The van der Waals surface area contributed by atoms with Crippen LogP contribution in [0.1, 0.15) is 0 Å². The van der Waals surface area contributed by atoms with E-state index in [9.17, 15) is 4.79 Å². The molecule has 3 N–H and O–H groups in total. The number of aromatic nitrogens is 5. The van der Waals surface area contributed by atoms with Crippen LogP contribution >= 0.6 is 11.3 Å². The van der Waals surface area contributed by atoms with Gasteiger partial charge in [0.15, 0.2) is 11.5 Å². The first-order valence-electron chi connectivity index (χ1n) is 6.48. The number of nitrogens with two attached hydrogens (primary N) is 1. The molecule has 4 rings (SSSR count). The molecule has 0 fully saturated rings. The summed E-state index contributed by atoms with van der Waals surface area (Å²) in [7, 11) is 0. The second-order valence-electron chi connectivity index (χ2n) is 4.66. The second kappa shape index (κ2) is 4.78. The van der Waals surface area contributed by atoms with E-state index in [2.05, 4.69) is 20.3 Å². The molecular formula is C14H10N6OS. The molecule has 4 aromatic rings. The average molecular weight is 310 g/mol. The molecule has 22 heavy (non-hydrogen) atoms. The SMILES string of the molecule is Nc1cccc(-c2nnc3[nH]c(=O)c(-c4cccs4)nn23)c1. The summed E-state index contributed by atoms with van der Waals surface area (Å²) in [6.07, 6.45) is 0. The van der Waals surface area contributed by atoms with Gasteiger partial charge in [-0.15, -0.1) is 21.5 Å². The molecule has 3 aromatic heterocycles. The largest absolute Gasteiger partial charge is 0.399 e. The molecule has 0 spiro atoms. The first-order valence-corrected chi connectivity index (χ1v) is 7.36. The van der Waals surface area contributed by atoms with Crippen molar-refractivity contribution in [1.29, 1.82) is 0 Å². The Labute approximate surface area is 128 Å². The number of thiophene rings is 1. The normalized spacial score (nSPS) is 11.1.